The van der Waals surface area contributed by atoms with Crippen molar-refractivity contribution in [2.75, 3.05) is 25.0 Å². The number of piperidine rings is 1. The standard InChI is InChI=1S/C23H28N4O4/c24-21(28)17-4-1-11-26(15-17)14-16-7-9-18(10-8-16)25-22(29)19-5-2-12-27(19)23(30)20-6-3-13-31-20/h3,6-10,13,17,19H,1-2,4-5,11-12,14-15H2,(H2,24,28)(H,25,29)/t17?,19-/m0/s1. The molecule has 3 amide bonds. The first-order valence-corrected chi connectivity index (χ1v) is 10.8. The number of likely N-dealkylation sites (tertiary alicyclic amines) is 2. The minimum atomic E-state index is -0.503. The Kier molecular flexibility index (Phi) is 6.36. The van der Waals surface area contributed by atoms with Crippen molar-refractivity contribution in [2.45, 2.75) is 38.3 Å². The van der Waals surface area contributed by atoms with Gasteiger partial charge in [0.15, 0.2) is 5.76 Å². The molecule has 0 saturated carbocycles. The Labute approximate surface area is 181 Å². The molecular formula is C23H28N4O4. The van der Waals surface area contributed by atoms with Gasteiger partial charge in [0.1, 0.15) is 6.04 Å². The zero-order valence-electron chi connectivity index (χ0n) is 17.5. The van der Waals surface area contributed by atoms with E-state index in [9.17, 15) is 14.4 Å². The Morgan fingerprint density at radius 3 is 2.55 bits per heavy atom. The molecule has 2 fully saturated rings. The highest BCUT2D eigenvalue weighted by atomic mass is 16.3. The molecule has 1 unspecified atom stereocenters. The molecule has 8 heteroatoms. The number of hydrogen-bond acceptors (Lipinski definition) is 5. The Hall–Kier alpha value is -3.13. The predicted molar refractivity (Wildman–Crippen MR) is 115 cm³/mol. The molecule has 0 spiro atoms. The van der Waals surface area contributed by atoms with Crippen molar-refractivity contribution in [1.82, 2.24) is 9.80 Å². The van der Waals surface area contributed by atoms with Crippen molar-refractivity contribution in [3.8, 4) is 0 Å². The largest absolute Gasteiger partial charge is 0.459 e. The molecule has 0 aliphatic carbocycles. The normalized spacial score (nSPS) is 21.7. The van der Waals surface area contributed by atoms with Crippen LogP contribution in [0.1, 0.15) is 41.8 Å². The van der Waals surface area contributed by atoms with E-state index in [2.05, 4.69) is 10.2 Å². The lowest BCUT2D eigenvalue weighted by molar-refractivity contribution is -0.123. The maximum atomic E-state index is 12.8. The van der Waals surface area contributed by atoms with E-state index >= 15 is 0 Å². The zero-order valence-corrected chi connectivity index (χ0v) is 17.5. The topological polar surface area (TPSA) is 109 Å². The Bertz CT molecular complexity index is 926. The summed E-state index contributed by atoms with van der Waals surface area (Å²) in [6.45, 7) is 2.92. The molecule has 3 N–H and O–H groups in total. The maximum Gasteiger partial charge on any atom is 0.290 e. The minimum Gasteiger partial charge on any atom is -0.459 e. The van der Waals surface area contributed by atoms with Crippen LogP contribution in [0.15, 0.2) is 47.1 Å². The number of furan rings is 1. The van der Waals surface area contributed by atoms with Gasteiger partial charge in [-0.15, -0.1) is 0 Å². The lowest BCUT2D eigenvalue weighted by Crippen LogP contribution is -2.43. The molecule has 2 aliphatic rings. The number of benzene rings is 1. The van der Waals surface area contributed by atoms with Gasteiger partial charge in [0.05, 0.1) is 12.2 Å². The quantitative estimate of drug-likeness (QED) is 0.739. The lowest BCUT2D eigenvalue weighted by atomic mass is 9.97. The Morgan fingerprint density at radius 1 is 1.06 bits per heavy atom. The number of carbonyl (C=O) groups is 3. The summed E-state index contributed by atoms with van der Waals surface area (Å²) >= 11 is 0. The van der Waals surface area contributed by atoms with Crippen molar-refractivity contribution in [3.05, 3.63) is 54.0 Å². The van der Waals surface area contributed by atoms with Crippen molar-refractivity contribution < 1.29 is 18.8 Å². The third-order valence-corrected chi connectivity index (χ3v) is 6.08. The van der Waals surface area contributed by atoms with Crippen molar-refractivity contribution in [1.29, 1.82) is 0 Å². The Balaban J connectivity index is 1.33. The molecule has 3 heterocycles. The van der Waals surface area contributed by atoms with Gasteiger partial charge < -0.3 is 20.4 Å². The van der Waals surface area contributed by atoms with E-state index in [0.717, 1.165) is 37.9 Å². The highest BCUT2D eigenvalue weighted by molar-refractivity contribution is 6.00. The molecule has 2 aliphatic heterocycles. The van der Waals surface area contributed by atoms with Gasteiger partial charge in [-0.25, -0.2) is 0 Å². The van der Waals surface area contributed by atoms with Gasteiger partial charge in [0.25, 0.3) is 5.91 Å². The summed E-state index contributed by atoms with van der Waals surface area (Å²) in [5, 5.41) is 2.93. The van der Waals surface area contributed by atoms with Gasteiger partial charge in [-0.1, -0.05) is 12.1 Å². The summed E-state index contributed by atoms with van der Waals surface area (Å²) in [5.74, 6) is -0.501. The number of primary amides is 1. The molecule has 2 saturated heterocycles. The second-order valence-corrected chi connectivity index (χ2v) is 8.30. The monoisotopic (exact) mass is 424 g/mol. The van der Waals surface area contributed by atoms with E-state index in [4.69, 9.17) is 10.2 Å². The summed E-state index contributed by atoms with van der Waals surface area (Å²) in [6, 6.07) is 10.5. The molecular weight excluding hydrogens is 396 g/mol. The highest BCUT2D eigenvalue weighted by Crippen LogP contribution is 2.23. The molecule has 1 aromatic heterocycles. The fraction of sp³-hybridized carbons (Fsp3) is 0.435. The van der Waals surface area contributed by atoms with Crippen molar-refractivity contribution in [2.24, 2.45) is 11.7 Å². The average Bonchev–Trinajstić information content (AvgIpc) is 3.47. The van der Waals surface area contributed by atoms with Crippen molar-refractivity contribution in [3.63, 3.8) is 0 Å². The number of nitrogens with zero attached hydrogens (tertiary/aromatic N) is 2. The highest BCUT2D eigenvalue weighted by Gasteiger charge is 2.35. The first kappa shape index (κ1) is 21.1. The summed E-state index contributed by atoms with van der Waals surface area (Å²) < 4.78 is 5.20. The third-order valence-electron chi connectivity index (χ3n) is 6.08. The van der Waals surface area contributed by atoms with Crippen LogP contribution in [-0.2, 0) is 16.1 Å². The van der Waals surface area contributed by atoms with Gasteiger partial charge in [-0.05, 0) is 62.1 Å². The number of anilines is 1. The first-order chi connectivity index (χ1) is 15.0. The average molecular weight is 425 g/mol. The fourth-order valence-electron chi connectivity index (χ4n) is 4.43. The van der Waals surface area contributed by atoms with E-state index < -0.39 is 6.04 Å². The lowest BCUT2D eigenvalue weighted by Gasteiger charge is -2.31. The van der Waals surface area contributed by atoms with Gasteiger partial charge in [0, 0.05) is 25.3 Å². The number of carbonyl (C=O) groups excluding carboxylic acids is 3. The zero-order chi connectivity index (χ0) is 21.8. The predicted octanol–water partition coefficient (Wildman–Crippen LogP) is 2.22. The molecule has 164 valence electrons. The van der Waals surface area contributed by atoms with E-state index in [1.807, 2.05) is 24.3 Å². The molecule has 4 rings (SSSR count). The molecule has 0 radical (unpaired) electrons. The number of hydrogen-bond donors (Lipinski definition) is 2. The van der Waals surface area contributed by atoms with Crippen LogP contribution in [0.25, 0.3) is 0 Å². The van der Waals surface area contributed by atoms with E-state index in [0.29, 0.717) is 25.2 Å². The van der Waals surface area contributed by atoms with Gasteiger partial charge >= 0.3 is 0 Å². The van der Waals surface area contributed by atoms with Gasteiger partial charge in [-0.2, -0.15) is 0 Å². The number of amides is 3. The van der Waals surface area contributed by atoms with Crippen LogP contribution in [0.2, 0.25) is 0 Å². The second kappa shape index (κ2) is 9.34. The SMILES string of the molecule is NC(=O)C1CCCN(Cc2ccc(NC(=O)[C@@H]3CCCN3C(=O)c3ccco3)cc2)C1. The van der Waals surface area contributed by atoms with Crippen LogP contribution in [0.3, 0.4) is 0 Å². The molecule has 2 aromatic rings. The van der Waals surface area contributed by atoms with Crippen molar-refractivity contribution >= 4 is 23.4 Å². The van der Waals surface area contributed by atoms with Crippen LogP contribution in [0.4, 0.5) is 5.69 Å². The molecule has 0 bridgehead atoms. The van der Waals surface area contributed by atoms with Crippen LogP contribution in [0, 0.1) is 5.92 Å². The Morgan fingerprint density at radius 2 is 1.84 bits per heavy atom. The van der Waals surface area contributed by atoms with Gasteiger partial charge in [0.2, 0.25) is 11.8 Å². The third kappa shape index (κ3) is 4.96. The van der Waals surface area contributed by atoms with Crippen LogP contribution in [0.5, 0.6) is 0 Å². The van der Waals surface area contributed by atoms with Crippen LogP contribution >= 0.6 is 0 Å². The van der Waals surface area contributed by atoms with Gasteiger partial charge in [-0.3, -0.25) is 19.3 Å². The second-order valence-electron chi connectivity index (χ2n) is 8.30. The van der Waals surface area contributed by atoms with Crippen LogP contribution < -0.4 is 11.1 Å². The van der Waals surface area contributed by atoms with E-state index in [-0.39, 0.29) is 29.4 Å². The summed E-state index contributed by atoms with van der Waals surface area (Å²) in [5.41, 5.74) is 7.27. The minimum absolute atomic E-state index is 0.0782. The number of nitrogens with one attached hydrogen (secondary N) is 1. The number of rotatable bonds is 6. The van der Waals surface area contributed by atoms with E-state index in [1.165, 1.54) is 6.26 Å². The summed E-state index contributed by atoms with van der Waals surface area (Å²) in [4.78, 5) is 40.7. The fourth-order valence-corrected chi connectivity index (χ4v) is 4.43. The molecule has 2 atom stereocenters. The van der Waals surface area contributed by atoms with E-state index in [1.54, 1.807) is 17.0 Å². The van der Waals surface area contributed by atoms with Crippen LogP contribution in [-0.4, -0.2) is 53.2 Å². The summed E-state index contributed by atoms with van der Waals surface area (Å²) in [7, 11) is 0. The smallest absolute Gasteiger partial charge is 0.290 e. The molecule has 1 aromatic carbocycles. The first-order valence-electron chi connectivity index (χ1n) is 10.8. The molecule has 31 heavy (non-hydrogen) atoms. The molecule has 8 nitrogen and oxygen atoms in total. The number of nitrogens with two attached hydrogens (primary N) is 1. The maximum absolute atomic E-state index is 12.8. The summed E-state index contributed by atoms with van der Waals surface area (Å²) in [6.07, 6.45) is 4.70.